The molecule has 0 aliphatic carbocycles. The molecule has 0 bridgehead atoms. The summed E-state index contributed by atoms with van der Waals surface area (Å²) < 4.78 is 24.5. The van der Waals surface area contributed by atoms with Crippen LogP contribution < -0.4 is 4.89 Å². The van der Waals surface area contributed by atoms with Crippen LogP contribution in [-0.2, 0) is 19.7 Å². The summed E-state index contributed by atoms with van der Waals surface area (Å²) in [6.45, 7) is 4.73. The fourth-order valence-corrected chi connectivity index (χ4v) is 2.70. The second-order valence-corrected chi connectivity index (χ2v) is 8.09. The lowest BCUT2D eigenvalue weighted by Gasteiger charge is -2.17. The molecule has 0 spiro atoms. The van der Waals surface area contributed by atoms with Crippen molar-refractivity contribution in [3.63, 3.8) is 0 Å². The number of hydrogen-bond acceptors (Lipinski definition) is 5. The minimum Gasteiger partial charge on any atom is -0.355 e. The van der Waals surface area contributed by atoms with Crippen molar-refractivity contribution in [2.75, 3.05) is 14.1 Å². The van der Waals surface area contributed by atoms with Crippen LogP contribution in [0, 0.1) is 5.41 Å². The molecule has 1 rings (SSSR count). The van der Waals surface area contributed by atoms with Gasteiger partial charge in [-0.15, -0.1) is 0 Å². The van der Waals surface area contributed by atoms with E-state index in [0.29, 0.717) is 0 Å². The van der Waals surface area contributed by atoms with E-state index >= 15 is 0 Å². The number of rotatable bonds is 4. The molecule has 0 aliphatic heterocycles. The number of nitrogens with one attached hydrogen (secondary N) is 1. The van der Waals surface area contributed by atoms with Gasteiger partial charge in [0, 0.05) is 19.7 Å². The number of sulfonamides is 1. The molecule has 0 aliphatic rings. The Labute approximate surface area is 140 Å². The zero-order chi connectivity index (χ0) is 18.0. The average molecular weight is 363 g/mol. The number of halogens is 1. The van der Waals surface area contributed by atoms with Crippen molar-refractivity contribution in [1.29, 1.82) is 0 Å². The summed E-state index contributed by atoms with van der Waals surface area (Å²) in [5.74, 6) is -1.14. The molecule has 0 unspecified atom stereocenters. The van der Waals surface area contributed by atoms with Crippen LogP contribution in [0.3, 0.4) is 0 Å². The summed E-state index contributed by atoms with van der Waals surface area (Å²) in [5, 5.41) is -0.0976. The summed E-state index contributed by atoms with van der Waals surface area (Å²) >= 11 is 5.89. The second kappa shape index (κ2) is 6.86. The van der Waals surface area contributed by atoms with E-state index in [1.807, 2.05) is 0 Å². The van der Waals surface area contributed by atoms with Crippen molar-refractivity contribution < 1.29 is 22.8 Å². The summed E-state index contributed by atoms with van der Waals surface area (Å²) in [5.41, 5.74) is -0.739. The number of carbonyl (C=O) groups excluding carboxylic acids is 2. The number of amides is 1. The van der Waals surface area contributed by atoms with E-state index in [0.717, 1.165) is 6.07 Å². The second-order valence-electron chi connectivity index (χ2n) is 6.07. The zero-order valence-electron chi connectivity index (χ0n) is 13.5. The maximum Gasteiger partial charge on any atom is 0.331 e. The predicted molar refractivity (Wildman–Crippen MR) is 85.3 cm³/mol. The Bertz CT molecular complexity index is 723. The first-order valence-corrected chi connectivity index (χ1v) is 8.46. The van der Waals surface area contributed by atoms with Gasteiger partial charge in [-0.2, -0.15) is 0 Å². The third kappa shape index (κ3) is 4.92. The maximum absolute atomic E-state index is 12.2. The molecular weight excluding hydrogens is 344 g/mol. The lowest BCUT2D eigenvalue weighted by Crippen LogP contribution is -2.33. The van der Waals surface area contributed by atoms with Crippen LogP contribution in [0.4, 0.5) is 0 Å². The number of hydrogen-bond donors (Lipinski definition) is 1. The van der Waals surface area contributed by atoms with Crippen LogP contribution in [0.2, 0.25) is 5.02 Å². The van der Waals surface area contributed by atoms with Crippen molar-refractivity contribution in [2.24, 2.45) is 5.41 Å². The highest BCUT2D eigenvalue weighted by Crippen LogP contribution is 2.23. The van der Waals surface area contributed by atoms with E-state index in [4.69, 9.17) is 11.6 Å². The van der Waals surface area contributed by atoms with Gasteiger partial charge in [-0.05, 0) is 43.9 Å². The minimum absolute atomic E-state index is 0.0976. The third-order valence-electron chi connectivity index (χ3n) is 2.73. The smallest absolute Gasteiger partial charge is 0.331 e. The van der Waals surface area contributed by atoms with Gasteiger partial charge in [0.2, 0.25) is 0 Å². The molecule has 7 nitrogen and oxygen atoms in total. The molecule has 0 atom stereocenters. The van der Waals surface area contributed by atoms with E-state index in [-0.39, 0.29) is 21.4 Å². The molecule has 1 N–H and O–H groups in total. The van der Waals surface area contributed by atoms with E-state index in [1.165, 1.54) is 31.1 Å². The van der Waals surface area contributed by atoms with E-state index in [1.54, 1.807) is 25.7 Å². The quantitative estimate of drug-likeness (QED) is 0.825. The SMILES string of the molecule is CN(C)C(=O)c1ccc(Cl)c(S(=O)(=O)NOC(=O)C(C)(C)C)c1. The number of nitrogens with zero attached hydrogens (tertiary/aromatic N) is 1. The van der Waals surface area contributed by atoms with Crippen molar-refractivity contribution in [1.82, 2.24) is 9.79 Å². The molecule has 9 heteroatoms. The lowest BCUT2D eigenvalue weighted by atomic mass is 9.98. The summed E-state index contributed by atoms with van der Waals surface area (Å²) in [7, 11) is -1.15. The summed E-state index contributed by atoms with van der Waals surface area (Å²) in [6, 6.07) is 3.82. The average Bonchev–Trinajstić information content (AvgIpc) is 2.43. The molecule has 0 radical (unpaired) electrons. The molecule has 1 aromatic carbocycles. The highest BCUT2D eigenvalue weighted by Gasteiger charge is 2.27. The Morgan fingerprint density at radius 1 is 1.22 bits per heavy atom. The van der Waals surface area contributed by atoms with Crippen LogP contribution in [-0.4, -0.2) is 39.3 Å². The molecule has 1 amide bonds. The van der Waals surface area contributed by atoms with Crippen LogP contribution in [0.5, 0.6) is 0 Å². The highest BCUT2D eigenvalue weighted by atomic mass is 35.5. The van der Waals surface area contributed by atoms with E-state index in [2.05, 4.69) is 4.84 Å². The summed E-state index contributed by atoms with van der Waals surface area (Å²) in [6.07, 6.45) is 0. The van der Waals surface area contributed by atoms with Crippen molar-refractivity contribution in [3.05, 3.63) is 28.8 Å². The highest BCUT2D eigenvalue weighted by molar-refractivity contribution is 7.89. The fourth-order valence-electron chi connectivity index (χ4n) is 1.39. The summed E-state index contributed by atoms with van der Waals surface area (Å²) in [4.78, 5) is 30.8. The third-order valence-corrected chi connectivity index (χ3v) is 4.39. The van der Waals surface area contributed by atoms with Crippen LogP contribution in [0.25, 0.3) is 0 Å². The molecular formula is C14H19ClN2O5S. The van der Waals surface area contributed by atoms with E-state index < -0.39 is 21.4 Å². The molecule has 0 fully saturated rings. The maximum atomic E-state index is 12.2. The van der Waals surface area contributed by atoms with Gasteiger partial charge < -0.3 is 9.74 Å². The van der Waals surface area contributed by atoms with E-state index in [9.17, 15) is 18.0 Å². The Kier molecular flexibility index (Phi) is 5.79. The Hall–Kier alpha value is -1.64. The van der Waals surface area contributed by atoms with Crippen LogP contribution in [0.15, 0.2) is 23.1 Å². The molecule has 23 heavy (non-hydrogen) atoms. The van der Waals surface area contributed by atoms with Gasteiger partial charge in [0.15, 0.2) is 0 Å². The Balaban J connectivity index is 3.11. The van der Waals surface area contributed by atoms with Gasteiger partial charge in [-0.1, -0.05) is 11.6 Å². The molecule has 0 saturated carbocycles. The molecule has 0 heterocycles. The molecule has 0 saturated heterocycles. The number of carbonyl (C=O) groups is 2. The number of benzene rings is 1. The largest absolute Gasteiger partial charge is 0.355 e. The Morgan fingerprint density at radius 3 is 2.26 bits per heavy atom. The predicted octanol–water partition coefficient (Wildman–Crippen LogP) is 1.82. The van der Waals surface area contributed by atoms with Crippen LogP contribution in [0.1, 0.15) is 31.1 Å². The lowest BCUT2D eigenvalue weighted by molar-refractivity contribution is -0.156. The van der Waals surface area contributed by atoms with Gasteiger partial charge in [-0.3, -0.25) is 4.79 Å². The fraction of sp³-hybridized carbons (Fsp3) is 0.429. The zero-order valence-corrected chi connectivity index (χ0v) is 15.1. The van der Waals surface area contributed by atoms with Gasteiger partial charge in [0.05, 0.1) is 10.4 Å². The normalized spacial score (nSPS) is 11.9. The molecule has 1 aromatic rings. The first-order valence-electron chi connectivity index (χ1n) is 6.60. The molecule has 0 aromatic heterocycles. The first-order chi connectivity index (χ1) is 10.4. The Morgan fingerprint density at radius 2 is 1.78 bits per heavy atom. The topological polar surface area (TPSA) is 92.8 Å². The van der Waals surface area contributed by atoms with Gasteiger partial charge in [0.1, 0.15) is 4.90 Å². The van der Waals surface area contributed by atoms with Crippen molar-refractivity contribution in [2.45, 2.75) is 25.7 Å². The van der Waals surface area contributed by atoms with Gasteiger partial charge >= 0.3 is 5.97 Å². The van der Waals surface area contributed by atoms with Crippen LogP contribution >= 0.6 is 11.6 Å². The first kappa shape index (κ1) is 19.4. The van der Waals surface area contributed by atoms with Crippen molar-refractivity contribution >= 4 is 33.5 Å². The molecule has 128 valence electrons. The monoisotopic (exact) mass is 362 g/mol. The standard InChI is InChI=1S/C14H19ClN2O5S/c1-14(2,3)13(19)22-16-23(20,21)11-8-9(6-7-10(11)15)12(18)17(4)5/h6-8,16H,1-5H3. The van der Waals surface area contributed by atoms with Crippen molar-refractivity contribution in [3.8, 4) is 0 Å². The van der Waals surface area contributed by atoms with Gasteiger partial charge in [0.25, 0.3) is 15.9 Å². The van der Waals surface area contributed by atoms with Gasteiger partial charge in [-0.25, -0.2) is 13.2 Å². The minimum atomic E-state index is -4.22.